The largest absolute Gasteiger partial charge is 0.176 e. The zero-order valence-corrected chi connectivity index (χ0v) is 11.7. The first-order valence-corrected chi connectivity index (χ1v) is 6.34. The van der Waals surface area contributed by atoms with E-state index >= 15 is 0 Å². The molecule has 0 saturated carbocycles. The first-order valence-electron chi connectivity index (χ1n) is 4.86. The minimum atomic E-state index is 0.0268. The van der Waals surface area contributed by atoms with E-state index in [1.54, 1.807) is 0 Å². The van der Waals surface area contributed by atoms with E-state index in [-0.39, 0.29) is 4.75 Å². The highest BCUT2D eigenvalue weighted by Gasteiger charge is 2.25. The Labute approximate surface area is 99.5 Å². The van der Waals surface area contributed by atoms with Crippen LogP contribution in [0.2, 0.25) is 0 Å². The molecule has 0 aliphatic carbocycles. The van der Waals surface area contributed by atoms with Gasteiger partial charge in [-0.15, -0.1) is 0 Å². The summed E-state index contributed by atoms with van der Waals surface area (Å²) in [4.78, 5) is 0. The van der Waals surface area contributed by atoms with E-state index in [4.69, 9.17) is 0 Å². The molecule has 0 aliphatic rings. The van der Waals surface area contributed by atoms with Crippen LogP contribution in [0.25, 0.3) is 0 Å². The van der Waals surface area contributed by atoms with Crippen LogP contribution in [0.4, 0.5) is 0 Å². The molecule has 0 nitrogen and oxygen atoms in total. The molecular formula is C10H22S3. The molecule has 0 aromatic rings. The molecule has 3 unspecified atom stereocenters. The normalized spacial score (nSPS) is 21.2. The minimum absolute atomic E-state index is 0.0268. The van der Waals surface area contributed by atoms with Crippen LogP contribution in [-0.4, -0.2) is 15.2 Å². The van der Waals surface area contributed by atoms with E-state index in [1.807, 2.05) is 0 Å². The van der Waals surface area contributed by atoms with Crippen molar-refractivity contribution in [3.8, 4) is 0 Å². The standard InChI is InChI=1S/C10H22S3/c1-7(2)9(12)5-6-10(4,13)8(3)11/h7-9,11-13H,5-6H2,1-4H3. The van der Waals surface area contributed by atoms with Gasteiger partial charge in [0.15, 0.2) is 0 Å². The van der Waals surface area contributed by atoms with Gasteiger partial charge in [0.25, 0.3) is 0 Å². The summed E-state index contributed by atoms with van der Waals surface area (Å²) in [5, 5.41) is 0.807. The van der Waals surface area contributed by atoms with Gasteiger partial charge in [0.05, 0.1) is 0 Å². The lowest BCUT2D eigenvalue weighted by atomic mass is 9.96. The van der Waals surface area contributed by atoms with Crippen molar-refractivity contribution in [2.45, 2.75) is 55.8 Å². The van der Waals surface area contributed by atoms with Crippen molar-refractivity contribution in [1.29, 1.82) is 0 Å². The van der Waals surface area contributed by atoms with E-state index in [2.05, 4.69) is 65.6 Å². The summed E-state index contributed by atoms with van der Waals surface area (Å²) < 4.78 is 0.0268. The van der Waals surface area contributed by atoms with Crippen molar-refractivity contribution in [3.63, 3.8) is 0 Å². The van der Waals surface area contributed by atoms with Gasteiger partial charge in [-0.1, -0.05) is 20.8 Å². The van der Waals surface area contributed by atoms with Crippen LogP contribution in [0.3, 0.4) is 0 Å². The second-order valence-corrected chi connectivity index (χ2v) is 6.84. The number of hydrogen-bond donors (Lipinski definition) is 3. The molecule has 0 spiro atoms. The van der Waals surface area contributed by atoms with E-state index in [9.17, 15) is 0 Å². The molecule has 0 saturated heterocycles. The molecule has 0 rings (SSSR count). The van der Waals surface area contributed by atoms with Crippen molar-refractivity contribution in [1.82, 2.24) is 0 Å². The average molecular weight is 238 g/mol. The van der Waals surface area contributed by atoms with E-state index in [0.29, 0.717) is 16.4 Å². The molecule has 0 fully saturated rings. The smallest absolute Gasteiger partial charge is 0.0215 e. The highest BCUT2D eigenvalue weighted by Crippen LogP contribution is 2.30. The molecule has 80 valence electrons. The Kier molecular flexibility index (Phi) is 6.29. The molecule has 0 aromatic carbocycles. The summed E-state index contributed by atoms with van der Waals surface area (Å²) in [6, 6.07) is 0. The Balaban J connectivity index is 3.88. The fourth-order valence-corrected chi connectivity index (χ4v) is 1.37. The first kappa shape index (κ1) is 14.1. The van der Waals surface area contributed by atoms with Crippen molar-refractivity contribution >= 4 is 37.9 Å². The van der Waals surface area contributed by atoms with Gasteiger partial charge >= 0.3 is 0 Å². The van der Waals surface area contributed by atoms with Gasteiger partial charge in [-0.05, 0) is 25.7 Å². The summed E-state index contributed by atoms with van der Waals surface area (Å²) in [5.74, 6) is 0.641. The molecule has 0 heterocycles. The topological polar surface area (TPSA) is 0 Å². The highest BCUT2D eigenvalue weighted by molar-refractivity contribution is 7.85. The maximum Gasteiger partial charge on any atom is 0.0215 e. The quantitative estimate of drug-likeness (QED) is 0.597. The SMILES string of the molecule is CC(C)C(S)CCC(C)(S)C(C)S. The van der Waals surface area contributed by atoms with Gasteiger partial charge < -0.3 is 0 Å². The summed E-state index contributed by atoms with van der Waals surface area (Å²) in [5.41, 5.74) is 0. The fraction of sp³-hybridized carbons (Fsp3) is 1.00. The zero-order valence-electron chi connectivity index (χ0n) is 8.99. The summed E-state index contributed by atoms with van der Waals surface area (Å²) in [6.07, 6.45) is 2.19. The molecule has 0 amide bonds. The second kappa shape index (κ2) is 5.82. The van der Waals surface area contributed by atoms with Gasteiger partial charge in [-0.25, -0.2) is 0 Å². The van der Waals surface area contributed by atoms with Crippen LogP contribution in [0.5, 0.6) is 0 Å². The van der Waals surface area contributed by atoms with E-state index < -0.39 is 0 Å². The number of rotatable bonds is 5. The third kappa shape index (κ3) is 5.48. The van der Waals surface area contributed by atoms with Gasteiger partial charge in [-0.3, -0.25) is 0 Å². The lowest BCUT2D eigenvalue weighted by Crippen LogP contribution is -2.28. The Morgan fingerprint density at radius 1 is 1.15 bits per heavy atom. The molecular weight excluding hydrogens is 216 g/mol. The fourth-order valence-electron chi connectivity index (χ4n) is 0.982. The molecule has 3 heteroatoms. The molecule has 0 aliphatic heterocycles. The highest BCUT2D eigenvalue weighted by atomic mass is 32.1. The lowest BCUT2D eigenvalue weighted by molar-refractivity contribution is 0.499. The van der Waals surface area contributed by atoms with Gasteiger partial charge in [-0.2, -0.15) is 37.9 Å². The summed E-state index contributed by atoms with van der Waals surface area (Å²) in [6.45, 7) is 8.66. The van der Waals surface area contributed by atoms with Gasteiger partial charge in [0, 0.05) is 15.2 Å². The molecule has 3 atom stereocenters. The van der Waals surface area contributed by atoms with Gasteiger partial charge in [0.2, 0.25) is 0 Å². The van der Waals surface area contributed by atoms with E-state index in [0.717, 1.165) is 12.8 Å². The summed E-state index contributed by atoms with van der Waals surface area (Å²) in [7, 11) is 0. The Morgan fingerprint density at radius 2 is 1.62 bits per heavy atom. The molecule has 13 heavy (non-hydrogen) atoms. The molecule has 0 radical (unpaired) electrons. The van der Waals surface area contributed by atoms with Crippen LogP contribution in [0.15, 0.2) is 0 Å². The van der Waals surface area contributed by atoms with Crippen LogP contribution in [0.1, 0.15) is 40.5 Å². The van der Waals surface area contributed by atoms with Crippen molar-refractivity contribution in [2.75, 3.05) is 0 Å². The third-order valence-corrected chi connectivity index (χ3v) is 4.85. The van der Waals surface area contributed by atoms with Crippen LogP contribution in [0, 0.1) is 5.92 Å². The van der Waals surface area contributed by atoms with E-state index in [1.165, 1.54) is 0 Å². The maximum absolute atomic E-state index is 4.61. The Morgan fingerprint density at radius 3 is 1.92 bits per heavy atom. The summed E-state index contributed by atoms with van der Waals surface area (Å²) >= 11 is 13.6. The number of hydrogen-bond acceptors (Lipinski definition) is 3. The predicted molar refractivity (Wildman–Crippen MR) is 72.7 cm³/mol. The molecule has 0 aromatic heterocycles. The molecule has 0 N–H and O–H groups in total. The maximum atomic E-state index is 4.61. The van der Waals surface area contributed by atoms with Crippen LogP contribution in [-0.2, 0) is 0 Å². The minimum Gasteiger partial charge on any atom is -0.176 e. The second-order valence-electron chi connectivity index (χ2n) is 4.38. The lowest BCUT2D eigenvalue weighted by Gasteiger charge is -2.29. The predicted octanol–water partition coefficient (Wildman–Crippen LogP) is 3.73. The van der Waals surface area contributed by atoms with Crippen LogP contribution < -0.4 is 0 Å². The van der Waals surface area contributed by atoms with Gasteiger partial charge in [0.1, 0.15) is 0 Å². The Bertz CT molecular complexity index is 141. The van der Waals surface area contributed by atoms with Crippen molar-refractivity contribution in [3.05, 3.63) is 0 Å². The molecule has 0 bridgehead atoms. The zero-order chi connectivity index (χ0) is 10.6. The monoisotopic (exact) mass is 238 g/mol. The number of thiol groups is 3. The van der Waals surface area contributed by atoms with Crippen molar-refractivity contribution in [2.24, 2.45) is 5.92 Å². The van der Waals surface area contributed by atoms with Crippen LogP contribution >= 0.6 is 37.9 Å². The van der Waals surface area contributed by atoms with Crippen molar-refractivity contribution < 1.29 is 0 Å². The third-order valence-electron chi connectivity index (χ3n) is 2.62. The first-order chi connectivity index (χ1) is 5.77. The Hall–Kier alpha value is 1.05. The average Bonchev–Trinajstić information content (AvgIpc) is 1.99.